The number of aryl methyl sites for hydroxylation is 2. The smallest absolute Gasteiger partial charge is 0.248 e. The maximum atomic E-state index is 13.0. The van der Waals surface area contributed by atoms with Crippen molar-refractivity contribution in [2.75, 3.05) is 55.6 Å². The summed E-state index contributed by atoms with van der Waals surface area (Å²) in [6, 6.07) is 8.19. The van der Waals surface area contributed by atoms with Gasteiger partial charge >= 0.3 is 0 Å². The van der Waals surface area contributed by atoms with E-state index in [1.807, 2.05) is 23.1 Å². The molecule has 31 heavy (non-hydrogen) atoms. The molecule has 166 valence electrons. The zero-order valence-electron chi connectivity index (χ0n) is 18.4. The molecule has 0 radical (unpaired) electrons. The summed E-state index contributed by atoms with van der Waals surface area (Å²) >= 11 is 1.48. The number of anilines is 2. The predicted molar refractivity (Wildman–Crippen MR) is 126 cm³/mol. The molecule has 9 heteroatoms. The van der Waals surface area contributed by atoms with Crippen molar-refractivity contribution in [2.24, 2.45) is 4.99 Å². The van der Waals surface area contributed by atoms with Crippen molar-refractivity contribution in [3.8, 4) is 0 Å². The molecule has 1 fully saturated rings. The van der Waals surface area contributed by atoms with E-state index in [0.29, 0.717) is 0 Å². The molecule has 4 rings (SSSR count). The first-order valence-electron chi connectivity index (χ1n) is 11.2. The lowest BCUT2D eigenvalue weighted by molar-refractivity contribution is -0.117. The van der Waals surface area contributed by atoms with E-state index in [-0.39, 0.29) is 12.5 Å². The molecular formula is C22H31N7OS. The highest BCUT2D eigenvalue weighted by Crippen LogP contribution is 2.26. The van der Waals surface area contributed by atoms with Gasteiger partial charge in [-0.2, -0.15) is 4.37 Å². The first-order chi connectivity index (χ1) is 15.2. The fraction of sp³-hybridized carbons (Fsp3) is 0.545. The van der Waals surface area contributed by atoms with E-state index in [4.69, 9.17) is 4.99 Å². The van der Waals surface area contributed by atoms with E-state index in [9.17, 15) is 4.79 Å². The van der Waals surface area contributed by atoms with E-state index < -0.39 is 0 Å². The van der Waals surface area contributed by atoms with E-state index in [1.54, 1.807) is 0 Å². The maximum absolute atomic E-state index is 13.0. The van der Waals surface area contributed by atoms with Crippen molar-refractivity contribution in [2.45, 2.75) is 33.1 Å². The zero-order valence-corrected chi connectivity index (χ0v) is 19.2. The van der Waals surface area contributed by atoms with Crippen LogP contribution in [0.1, 0.15) is 31.7 Å². The lowest BCUT2D eigenvalue weighted by Gasteiger charge is -2.36. The van der Waals surface area contributed by atoms with Gasteiger partial charge in [0.1, 0.15) is 12.4 Å². The summed E-state index contributed by atoms with van der Waals surface area (Å²) < 4.78 is 4.40. The number of piperazine rings is 1. The SMILES string of the molecule is CCNC(=NCC(=O)N1CCCc2ccccc21)N1CCN(c2nc(CC)ns2)CC1. The van der Waals surface area contributed by atoms with E-state index >= 15 is 0 Å². The Morgan fingerprint density at radius 1 is 1.16 bits per heavy atom. The number of amides is 1. The molecule has 1 aromatic carbocycles. The summed E-state index contributed by atoms with van der Waals surface area (Å²) in [5, 5.41) is 4.36. The number of guanidine groups is 1. The predicted octanol–water partition coefficient (Wildman–Crippen LogP) is 2.17. The topological polar surface area (TPSA) is 77.0 Å². The molecule has 1 amide bonds. The number of hydrogen-bond acceptors (Lipinski definition) is 6. The van der Waals surface area contributed by atoms with Crippen molar-refractivity contribution in [1.82, 2.24) is 19.6 Å². The van der Waals surface area contributed by atoms with Crippen LogP contribution in [0.4, 0.5) is 10.8 Å². The van der Waals surface area contributed by atoms with Crippen LogP contribution in [0.25, 0.3) is 0 Å². The molecule has 1 aromatic heterocycles. The minimum absolute atomic E-state index is 0.0575. The summed E-state index contributed by atoms with van der Waals surface area (Å²) in [5.74, 6) is 1.78. The van der Waals surface area contributed by atoms with Crippen LogP contribution >= 0.6 is 11.5 Å². The number of rotatable bonds is 5. The van der Waals surface area contributed by atoms with Crippen molar-refractivity contribution < 1.29 is 4.79 Å². The van der Waals surface area contributed by atoms with Gasteiger partial charge in [0.05, 0.1) is 0 Å². The number of nitrogens with one attached hydrogen (secondary N) is 1. The molecule has 1 saturated heterocycles. The number of fused-ring (bicyclic) bond motifs is 1. The Morgan fingerprint density at radius 2 is 1.97 bits per heavy atom. The van der Waals surface area contributed by atoms with Crippen LogP contribution < -0.4 is 15.1 Å². The first-order valence-corrected chi connectivity index (χ1v) is 12.0. The van der Waals surface area contributed by atoms with Gasteiger partial charge in [-0.15, -0.1) is 0 Å². The minimum atomic E-state index is 0.0575. The monoisotopic (exact) mass is 441 g/mol. The third-order valence-corrected chi connectivity index (χ3v) is 6.55. The second-order valence-electron chi connectivity index (χ2n) is 7.77. The highest BCUT2D eigenvalue weighted by atomic mass is 32.1. The number of para-hydroxylation sites is 1. The number of nitrogens with zero attached hydrogens (tertiary/aromatic N) is 6. The molecular weight excluding hydrogens is 410 g/mol. The molecule has 0 unspecified atom stereocenters. The molecule has 2 aromatic rings. The molecule has 0 bridgehead atoms. The summed E-state index contributed by atoms with van der Waals surface area (Å²) in [6.45, 7) is 9.26. The van der Waals surface area contributed by atoms with Crippen LogP contribution in [0.3, 0.4) is 0 Å². The molecule has 0 atom stereocenters. The number of aromatic nitrogens is 2. The van der Waals surface area contributed by atoms with E-state index in [2.05, 4.69) is 44.4 Å². The summed E-state index contributed by atoms with van der Waals surface area (Å²) in [4.78, 5) is 28.7. The highest BCUT2D eigenvalue weighted by Gasteiger charge is 2.24. The van der Waals surface area contributed by atoms with Crippen LogP contribution in [0.5, 0.6) is 0 Å². The van der Waals surface area contributed by atoms with Gasteiger partial charge < -0.3 is 20.0 Å². The zero-order chi connectivity index (χ0) is 21.6. The number of hydrogen-bond donors (Lipinski definition) is 1. The normalized spacial score (nSPS) is 17.0. The Bertz CT molecular complexity index is 920. The third-order valence-electron chi connectivity index (χ3n) is 5.73. The molecule has 2 aliphatic heterocycles. The Morgan fingerprint density at radius 3 is 2.71 bits per heavy atom. The van der Waals surface area contributed by atoms with Crippen molar-refractivity contribution in [3.63, 3.8) is 0 Å². The fourth-order valence-corrected chi connectivity index (χ4v) is 4.87. The van der Waals surface area contributed by atoms with Crippen LogP contribution in [-0.4, -0.2) is 71.9 Å². The molecule has 8 nitrogen and oxygen atoms in total. The lowest BCUT2D eigenvalue weighted by Crippen LogP contribution is -2.53. The molecule has 0 saturated carbocycles. The van der Waals surface area contributed by atoms with Crippen LogP contribution in [0.2, 0.25) is 0 Å². The van der Waals surface area contributed by atoms with Gasteiger partial charge in [0.2, 0.25) is 11.0 Å². The van der Waals surface area contributed by atoms with Crippen LogP contribution in [-0.2, 0) is 17.6 Å². The number of carbonyl (C=O) groups is 1. The number of carbonyl (C=O) groups excluding carboxylic acids is 1. The van der Waals surface area contributed by atoms with Gasteiger partial charge in [0.15, 0.2) is 5.96 Å². The average Bonchev–Trinajstić information content (AvgIpc) is 3.31. The fourth-order valence-electron chi connectivity index (χ4n) is 4.07. The number of aliphatic imine (C=N–C) groups is 1. The lowest BCUT2D eigenvalue weighted by atomic mass is 10.0. The standard InChI is InChI=1S/C22H31N7OS/c1-3-19-25-22(31-26-19)28-14-12-27(13-15-28)21(23-4-2)24-16-20(30)29-11-7-9-17-8-5-6-10-18(17)29/h5-6,8,10H,3-4,7,9,11-16H2,1-2H3,(H,23,24). The van der Waals surface area contributed by atoms with Gasteiger partial charge in [-0.1, -0.05) is 25.1 Å². The third kappa shape index (κ3) is 4.98. The van der Waals surface area contributed by atoms with Crippen molar-refractivity contribution >= 4 is 34.2 Å². The Labute approximate surface area is 188 Å². The second-order valence-corrected chi connectivity index (χ2v) is 8.50. The maximum Gasteiger partial charge on any atom is 0.248 e. The van der Waals surface area contributed by atoms with Gasteiger partial charge in [-0.05, 0) is 31.4 Å². The molecule has 3 heterocycles. The summed E-state index contributed by atoms with van der Waals surface area (Å²) in [6.07, 6.45) is 2.90. The summed E-state index contributed by atoms with van der Waals surface area (Å²) in [5.41, 5.74) is 2.29. The first kappa shape index (κ1) is 21.5. The second kappa shape index (κ2) is 10.1. The van der Waals surface area contributed by atoms with Gasteiger partial charge in [0, 0.05) is 62.9 Å². The van der Waals surface area contributed by atoms with Gasteiger partial charge in [0.25, 0.3) is 0 Å². The van der Waals surface area contributed by atoms with Crippen molar-refractivity contribution in [3.05, 3.63) is 35.7 Å². The quantitative estimate of drug-likeness (QED) is 0.566. The van der Waals surface area contributed by atoms with Crippen molar-refractivity contribution in [1.29, 1.82) is 0 Å². The number of benzene rings is 1. The van der Waals surface area contributed by atoms with Gasteiger partial charge in [-0.25, -0.2) is 9.98 Å². The molecule has 0 aliphatic carbocycles. The Hall–Kier alpha value is -2.68. The molecule has 0 spiro atoms. The minimum Gasteiger partial charge on any atom is -0.357 e. The molecule has 1 N–H and O–H groups in total. The van der Waals surface area contributed by atoms with E-state index in [0.717, 1.165) is 81.1 Å². The largest absolute Gasteiger partial charge is 0.357 e. The van der Waals surface area contributed by atoms with Crippen LogP contribution in [0.15, 0.2) is 29.3 Å². The van der Waals surface area contributed by atoms with E-state index in [1.165, 1.54) is 17.1 Å². The Balaban J connectivity index is 1.38. The summed E-state index contributed by atoms with van der Waals surface area (Å²) in [7, 11) is 0. The Kier molecular flexibility index (Phi) is 7.01. The molecule has 2 aliphatic rings. The van der Waals surface area contributed by atoms with Gasteiger partial charge in [-0.3, -0.25) is 4.79 Å². The van der Waals surface area contributed by atoms with Crippen LogP contribution in [0, 0.1) is 0 Å². The average molecular weight is 442 g/mol. The highest BCUT2D eigenvalue weighted by molar-refractivity contribution is 7.09.